The second-order valence-corrected chi connectivity index (χ2v) is 5.06. The summed E-state index contributed by atoms with van der Waals surface area (Å²) in [5.74, 6) is 0.956. The summed E-state index contributed by atoms with van der Waals surface area (Å²) >= 11 is 0. The van der Waals surface area contributed by atoms with Crippen LogP contribution in [-0.4, -0.2) is 54.9 Å². The van der Waals surface area contributed by atoms with Gasteiger partial charge in [-0.15, -0.1) is 5.10 Å². The highest BCUT2D eigenvalue weighted by atomic mass is 15.3. The average Bonchev–Trinajstić information content (AvgIpc) is 2.38. The van der Waals surface area contributed by atoms with Crippen LogP contribution in [0.4, 0.5) is 5.82 Å². The molecule has 0 aliphatic heterocycles. The lowest BCUT2D eigenvalue weighted by Crippen LogP contribution is -2.40. The van der Waals surface area contributed by atoms with E-state index >= 15 is 0 Å². The molecule has 0 aliphatic rings. The monoisotopic (exact) mass is 265 g/mol. The van der Waals surface area contributed by atoms with Gasteiger partial charge in [0.1, 0.15) is 0 Å². The van der Waals surface area contributed by atoms with E-state index in [4.69, 9.17) is 0 Å². The normalized spacial score (nSPS) is 12.7. The third-order valence-electron chi connectivity index (χ3n) is 3.06. The fourth-order valence-electron chi connectivity index (χ4n) is 2.18. The molecule has 0 saturated heterocycles. The second kappa shape index (κ2) is 8.07. The summed E-state index contributed by atoms with van der Waals surface area (Å²) in [4.78, 5) is 4.48. The predicted octanol–water partition coefficient (Wildman–Crippen LogP) is 1.36. The van der Waals surface area contributed by atoms with Crippen LogP contribution in [0.1, 0.15) is 26.5 Å². The van der Waals surface area contributed by atoms with Crippen LogP contribution in [0.25, 0.3) is 0 Å². The van der Waals surface area contributed by atoms with Gasteiger partial charge < -0.3 is 15.1 Å². The van der Waals surface area contributed by atoms with Crippen molar-refractivity contribution in [3.05, 3.63) is 17.8 Å². The van der Waals surface area contributed by atoms with Crippen molar-refractivity contribution in [2.75, 3.05) is 38.6 Å². The fourth-order valence-corrected chi connectivity index (χ4v) is 2.18. The van der Waals surface area contributed by atoms with Crippen molar-refractivity contribution in [1.82, 2.24) is 20.4 Å². The standard InChI is InChI=1S/C14H27N5/c1-6-15-10-13-8-9-14(17-16-13)19(7-2)12(3)11-18(4)5/h8-9,12,15H,6-7,10-11H2,1-5H3. The van der Waals surface area contributed by atoms with E-state index in [0.29, 0.717) is 6.04 Å². The minimum Gasteiger partial charge on any atom is -0.351 e. The molecule has 1 heterocycles. The largest absolute Gasteiger partial charge is 0.351 e. The molecule has 0 fully saturated rings. The zero-order chi connectivity index (χ0) is 14.3. The maximum absolute atomic E-state index is 4.35. The number of hydrogen-bond acceptors (Lipinski definition) is 5. The van der Waals surface area contributed by atoms with Crippen molar-refractivity contribution < 1.29 is 0 Å². The Hall–Kier alpha value is -1.20. The predicted molar refractivity (Wildman–Crippen MR) is 80.4 cm³/mol. The molecule has 0 aromatic carbocycles. The van der Waals surface area contributed by atoms with Crippen LogP contribution in [0, 0.1) is 0 Å². The Morgan fingerprint density at radius 2 is 1.95 bits per heavy atom. The van der Waals surface area contributed by atoms with E-state index in [9.17, 15) is 0 Å². The third-order valence-corrected chi connectivity index (χ3v) is 3.06. The summed E-state index contributed by atoms with van der Waals surface area (Å²) in [5.41, 5.74) is 0.988. The van der Waals surface area contributed by atoms with Crippen molar-refractivity contribution in [2.45, 2.75) is 33.4 Å². The highest BCUT2D eigenvalue weighted by Crippen LogP contribution is 2.13. The molecule has 5 nitrogen and oxygen atoms in total. The Labute approximate surface area is 117 Å². The number of likely N-dealkylation sites (N-methyl/N-ethyl adjacent to an activating group) is 2. The molecular weight excluding hydrogens is 238 g/mol. The number of anilines is 1. The molecule has 1 atom stereocenters. The van der Waals surface area contributed by atoms with E-state index in [1.54, 1.807) is 0 Å². The molecule has 1 aromatic heterocycles. The van der Waals surface area contributed by atoms with Crippen molar-refractivity contribution in [1.29, 1.82) is 0 Å². The van der Waals surface area contributed by atoms with Crippen LogP contribution >= 0.6 is 0 Å². The topological polar surface area (TPSA) is 44.3 Å². The van der Waals surface area contributed by atoms with Crippen LogP contribution in [-0.2, 0) is 6.54 Å². The first-order valence-electron chi connectivity index (χ1n) is 7.03. The number of aromatic nitrogens is 2. The van der Waals surface area contributed by atoms with Crippen LogP contribution in [0.2, 0.25) is 0 Å². The lowest BCUT2D eigenvalue weighted by molar-refractivity contribution is 0.372. The van der Waals surface area contributed by atoms with Gasteiger partial charge in [-0.3, -0.25) is 0 Å². The van der Waals surface area contributed by atoms with E-state index in [2.05, 4.69) is 72.3 Å². The van der Waals surface area contributed by atoms with E-state index in [1.807, 2.05) is 0 Å². The van der Waals surface area contributed by atoms with Gasteiger partial charge in [0.25, 0.3) is 0 Å². The summed E-state index contributed by atoms with van der Waals surface area (Å²) in [6.45, 7) is 10.1. The smallest absolute Gasteiger partial charge is 0.151 e. The first-order chi connectivity index (χ1) is 9.08. The number of nitrogens with zero attached hydrogens (tertiary/aromatic N) is 4. The molecule has 108 valence electrons. The first kappa shape index (κ1) is 15.9. The van der Waals surface area contributed by atoms with Gasteiger partial charge in [-0.25, -0.2) is 0 Å². The molecule has 0 saturated carbocycles. The van der Waals surface area contributed by atoms with Gasteiger partial charge in [0, 0.05) is 25.7 Å². The van der Waals surface area contributed by atoms with Gasteiger partial charge in [0.2, 0.25) is 0 Å². The molecule has 0 amide bonds. The van der Waals surface area contributed by atoms with Gasteiger partial charge >= 0.3 is 0 Å². The Balaban J connectivity index is 2.70. The summed E-state index contributed by atoms with van der Waals surface area (Å²) in [5, 5.41) is 11.9. The Morgan fingerprint density at radius 3 is 2.42 bits per heavy atom. The van der Waals surface area contributed by atoms with Crippen LogP contribution in [0.15, 0.2) is 12.1 Å². The quantitative estimate of drug-likeness (QED) is 0.769. The molecule has 19 heavy (non-hydrogen) atoms. The molecule has 0 bridgehead atoms. The maximum Gasteiger partial charge on any atom is 0.151 e. The van der Waals surface area contributed by atoms with E-state index in [-0.39, 0.29) is 0 Å². The zero-order valence-electron chi connectivity index (χ0n) is 12.8. The number of rotatable bonds is 8. The highest BCUT2D eigenvalue weighted by molar-refractivity contribution is 5.38. The van der Waals surface area contributed by atoms with Crippen LogP contribution in [0.5, 0.6) is 0 Å². The van der Waals surface area contributed by atoms with Crippen LogP contribution < -0.4 is 10.2 Å². The molecule has 0 spiro atoms. The van der Waals surface area contributed by atoms with Crippen LogP contribution in [0.3, 0.4) is 0 Å². The Morgan fingerprint density at radius 1 is 1.21 bits per heavy atom. The first-order valence-corrected chi connectivity index (χ1v) is 7.03. The number of hydrogen-bond donors (Lipinski definition) is 1. The maximum atomic E-state index is 4.35. The van der Waals surface area contributed by atoms with Gasteiger partial charge in [-0.05, 0) is 46.6 Å². The number of nitrogens with one attached hydrogen (secondary N) is 1. The van der Waals surface area contributed by atoms with E-state index in [1.165, 1.54) is 0 Å². The lowest BCUT2D eigenvalue weighted by Gasteiger charge is -2.30. The molecular formula is C14H27N5. The summed E-state index contributed by atoms with van der Waals surface area (Å²) in [6, 6.07) is 4.54. The molecule has 1 N–H and O–H groups in total. The van der Waals surface area contributed by atoms with Crippen molar-refractivity contribution in [3.8, 4) is 0 Å². The van der Waals surface area contributed by atoms with Crippen molar-refractivity contribution in [3.63, 3.8) is 0 Å². The fraction of sp³-hybridized carbons (Fsp3) is 0.714. The molecule has 1 unspecified atom stereocenters. The minimum atomic E-state index is 0.425. The third kappa shape index (κ3) is 5.12. The summed E-state index contributed by atoms with van der Waals surface area (Å²) < 4.78 is 0. The SMILES string of the molecule is CCNCc1ccc(N(CC)C(C)CN(C)C)nn1. The Kier molecular flexibility index (Phi) is 6.73. The van der Waals surface area contributed by atoms with E-state index in [0.717, 1.165) is 37.7 Å². The van der Waals surface area contributed by atoms with Gasteiger partial charge in [0.15, 0.2) is 5.82 Å². The second-order valence-electron chi connectivity index (χ2n) is 5.06. The molecule has 1 aromatic rings. The Bertz CT molecular complexity index is 349. The molecule has 1 rings (SSSR count). The van der Waals surface area contributed by atoms with Crippen molar-refractivity contribution >= 4 is 5.82 Å². The van der Waals surface area contributed by atoms with Gasteiger partial charge in [0.05, 0.1) is 5.69 Å². The van der Waals surface area contributed by atoms with E-state index < -0.39 is 0 Å². The van der Waals surface area contributed by atoms with Crippen molar-refractivity contribution in [2.24, 2.45) is 0 Å². The molecule has 0 aliphatic carbocycles. The average molecular weight is 265 g/mol. The van der Waals surface area contributed by atoms with Gasteiger partial charge in [-0.2, -0.15) is 5.10 Å². The highest BCUT2D eigenvalue weighted by Gasteiger charge is 2.15. The molecule has 5 heteroatoms. The summed E-state index contributed by atoms with van der Waals surface area (Å²) in [6.07, 6.45) is 0. The minimum absolute atomic E-state index is 0.425. The lowest BCUT2D eigenvalue weighted by atomic mass is 10.2. The van der Waals surface area contributed by atoms with Gasteiger partial charge in [-0.1, -0.05) is 6.92 Å². The summed E-state index contributed by atoms with van der Waals surface area (Å²) in [7, 11) is 4.19. The zero-order valence-corrected chi connectivity index (χ0v) is 12.8. The molecule has 0 radical (unpaired) electrons.